The second-order valence-corrected chi connectivity index (χ2v) is 2.92. The summed E-state index contributed by atoms with van der Waals surface area (Å²) in [6.45, 7) is 1.41. The normalized spacial score (nSPS) is 9.73. The Balaban J connectivity index is 3.35. The van der Waals surface area contributed by atoms with Gasteiger partial charge in [-0.3, -0.25) is 4.98 Å². The number of pyridine rings is 1. The lowest BCUT2D eigenvalue weighted by molar-refractivity contribution is 0.145. The molecular formula is C10H7F2N3. The van der Waals surface area contributed by atoms with E-state index in [9.17, 15) is 8.78 Å². The largest absolute Gasteiger partial charge is 0.280 e. The number of halogens is 2. The van der Waals surface area contributed by atoms with Gasteiger partial charge in [0.05, 0.1) is 24.1 Å². The highest BCUT2D eigenvalue weighted by molar-refractivity contribution is 5.45. The Labute approximate surface area is 85.6 Å². The third-order valence-electron chi connectivity index (χ3n) is 2.03. The lowest BCUT2D eigenvalue weighted by Crippen LogP contribution is -2.01. The first-order chi connectivity index (χ1) is 7.11. The molecule has 0 fully saturated rings. The SMILES string of the molecule is Cc1c(C(F)F)ncc(CC#N)c1C#N. The van der Waals surface area contributed by atoms with Crippen molar-refractivity contribution in [2.45, 2.75) is 19.8 Å². The number of aromatic nitrogens is 1. The van der Waals surface area contributed by atoms with Crippen molar-refractivity contribution in [3.8, 4) is 12.1 Å². The molecule has 0 aliphatic rings. The summed E-state index contributed by atoms with van der Waals surface area (Å²) in [6.07, 6.45) is -1.54. The van der Waals surface area contributed by atoms with E-state index in [0.29, 0.717) is 5.56 Å². The van der Waals surface area contributed by atoms with Crippen molar-refractivity contribution in [3.63, 3.8) is 0 Å². The van der Waals surface area contributed by atoms with E-state index in [1.165, 1.54) is 6.92 Å². The summed E-state index contributed by atoms with van der Waals surface area (Å²) >= 11 is 0. The van der Waals surface area contributed by atoms with Crippen molar-refractivity contribution in [2.75, 3.05) is 0 Å². The highest BCUT2D eigenvalue weighted by Crippen LogP contribution is 2.24. The molecule has 1 aromatic heterocycles. The van der Waals surface area contributed by atoms with Crippen LogP contribution in [0.4, 0.5) is 8.78 Å². The van der Waals surface area contributed by atoms with Crippen molar-refractivity contribution in [3.05, 3.63) is 28.6 Å². The summed E-state index contributed by atoms with van der Waals surface area (Å²) in [7, 11) is 0. The fourth-order valence-corrected chi connectivity index (χ4v) is 1.27. The molecule has 76 valence electrons. The monoisotopic (exact) mass is 207 g/mol. The minimum Gasteiger partial charge on any atom is -0.255 e. The van der Waals surface area contributed by atoms with Crippen LogP contribution in [0.2, 0.25) is 0 Å². The van der Waals surface area contributed by atoms with Crippen LogP contribution in [0.15, 0.2) is 6.20 Å². The first-order valence-electron chi connectivity index (χ1n) is 4.15. The summed E-state index contributed by atoms with van der Waals surface area (Å²) in [5, 5.41) is 17.3. The van der Waals surface area contributed by atoms with Crippen LogP contribution in [0.5, 0.6) is 0 Å². The number of alkyl halides is 2. The van der Waals surface area contributed by atoms with Crippen molar-refractivity contribution in [2.24, 2.45) is 0 Å². The van der Waals surface area contributed by atoms with E-state index < -0.39 is 12.1 Å². The molecule has 0 saturated carbocycles. The van der Waals surface area contributed by atoms with Gasteiger partial charge in [-0.05, 0) is 12.5 Å². The predicted molar refractivity (Wildman–Crippen MR) is 48.0 cm³/mol. The topological polar surface area (TPSA) is 60.5 Å². The molecule has 5 heteroatoms. The fraction of sp³-hybridized carbons (Fsp3) is 0.300. The molecule has 1 aromatic rings. The number of rotatable bonds is 2. The Morgan fingerprint density at radius 1 is 1.47 bits per heavy atom. The van der Waals surface area contributed by atoms with Gasteiger partial charge in [-0.15, -0.1) is 0 Å². The van der Waals surface area contributed by atoms with Gasteiger partial charge < -0.3 is 0 Å². The Bertz CT molecular complexity index is 455. The molecule has 15 heavy (non-hydrogen) atoms. The zero-order valence-electron chi connectivity index (χ0n) is 7.96. The lowest BCUT2D eigenvalue weighted by Gasteiger charge is -2.07. The van der Waals surface area contributed by atoms with E-state index in [-0.39, 0.29) is 17.5 Å². The van der Waals surface area contributed by atoms with Gasteiger partial charge in [0.2, 0.25) is 0 Å². The van der Waals surface area contributed by atoms with Crippen LogP contribution < -0.4 is 0 Å². The van der Waals surface area contributed by atoms with Crippen LogP contribution in [0, 0.1) is 29.6 Å². The molecule has 0 radical (unpaired) electrons. The molecule has 0 aliphatic heterocycles. The zero-order chi connectivity index (χ0) is 11.4. The van der Waals surface area contributed by atoms with Crippen LogP contribution in [0.25, 0.3) is 0 Å². The van der Waals surface area contributed by atoms with Gasteiger partial charge in [0.1, 0.15) is 5.69 Å². The average Bonchev–Trinajstić information content (AvgIpc) is 2.18. The van der Waals surface area contributed by atoms with Gasteiger partial charge in [-0.25, -0.2) is 8.78 Å². The van der Waals surface area contributed by atoms with E-state index in [1.807, 2.05) is 12.1 Å². The molecule has 0 spiro atoms. The Morgan fingerprint density at radius 3 is 2.60 bits per heavy atom. The first kappa shape index (κ1) is 11.1. The quantitative estimate of drug-likeness (QED) is 0.747. The van der Waals surface area contributed by atoms with Gasteiger partial charge in [-0.1, -0.05) is 0 Å². The Morgan fingerprint density at radius 2 is 2.13 bits per heavy atom. The van der Waals surface area contributed by atoms with E-state index in [0.717, 1.165) is 6.20 Å². The molecule has 0 aromatic carbocycles. The maximum Gasteiger partial charge on any atom is 0.280 e. The van der Waals surface area contributed by atoms with Crippen molar-refractivity contribution in [1.29, 1.82) is 10.5 Å². The summed E-state index contributed by atoms with van der Waals surface area (Å²) in [5.74, 6) is 0. The van der Waals surface area contributed by atoms with Crippen LogP contribution >= 0.6 is 0 Å². The molecule has 0 amide bonds. The second-order valence-electron chi connectivity index (χ2n) is 2.92. The Kier molecular flexibility index (Phi) is 3.30. The van der Waals surface area contributed by atoms with Crippen molar-refractivity contribution in [1.82, 2.24) is 4.98 Å². The Hall–Kier alpha value is -2.01. The molecule has 0 atom stereocenters. The molecular weight excluding hydrogens is 200 g/mol. The van der Waals surface area contributed by atoms with Crippen LogP contribution in [-0.2, 0) is 6.42 Å². The standard InChI is InChI=1S/C10H7F2N3/c1-6-8(4-14)7(2-3-13)5-15-9(6)10(11)12/h5,10H,2H2,1H3. The van der Waals surface area contributed by atoms with Crippen molar-refractivity contribution >= 4 is 0 Å². The highest BCUT2D eigenvalue weighted by atomic mass is 19.3. The lowest BCUT2D eigenvalue weighted by atomic mass is 10.0. The van der Waals surface area contributed by atoms with E-state index in [4.69, 9.17) is 10.5 Å². The molecule has 0 bridgehead atoms. The smallest absolute Gasteiger partial charge is 0.255 e. The summed E-state index contributed by atoms with van der Waals surface area (Å²) in [6, 6.07) is 3.68. The van der Waals surface area contributed by atoms with Crippen LogP contribution in [0.3, 0.4) is 0 Å². The molecule has 1 rings (SSSR count). The second kappa shape index (κ2) is 4.47. The number of hydrogen-bond donors (Lipinski definition) is 0. The van der Waals surface area contributed by atoms with E-state index in [2.05, 4.69) is 4.98 Å². The van der Waals surface area contributed by atoms with E-state index >= 15 is 0 Å². The first-order valence-corrected chi connectivity index (χ1v) is 4.15. The van der Waals surface area contributed by atoms with Gasteiger partial charge in [0.15, 0.2) is 0 Å². The van der Waals surface area contributed by atoms with Gasteiger partial charge >= 0.3 is 0 Å². The summed E-state index contributed by atoms with van der Waals surface area (Å²) in [4.78, 5) is 3.55. The summed E-state index contributed by atoms with van der Waals surface area (Å²) in [5.41, 5.74) is 0.275. The summed E-state index contributed by atoms with van der Waals surface area (Å²) < 4.78 is 24.8. The maximum absolute atomic E-state index is 12.4. The average molecular weight is 207 g/mol. The molecule has 3 nitrogen and oxygen atoms in total. The molecule has 0 aliphatic carbocycles. The molecule has 0 N–H and O–H groups in total. The van der Waals surface area contributed by atoms with Gasteiger partial charge in [0, 0.05) is 11.8 Å². The number of nitrogens with zero attached hydrogens (tertiary/aromatic N) is 3. The zero-order valence-corrected chi connectivity index (χ0v) is 7.96. The third kappa shape index (κ3) is 2.08. The minimum absolute atomic E-state index is 0.000249. The predicted octanol–water partition coefficient (Wildman–Crippen LogP) is 2.27. The van der Waals surface area contributed by atoms with Crippen LogP contribution in [-0.4, -0.2) is 4.98 Å². The fourth-order valence-electron chi connectivity index (χ4n) is 1.27. The van der Waals surface area contributed by atoms with Crippen molar-refractivity contribution < 1.29 is 8.78 Å². The minimum atomic E-state index is -2.70. The van der Waals surface area contributed by atoms with Gasteiger partial charge in [-0.2, -0.15) is 10.5 Å². The van der Waals surface area contributed by atoms with Gasteiger partial charge in [0.25, 0.3) is 6.43 Å². The molecule has 0 saturated heterocycles. The maximum atomic E-state index is 12.4. The number of hydrogen-bond acceptors (Lipinski definition) is 3. The molecule has 0 unspecified atom stereocenters. The molecule has 1 heterocycles. The highest BCUT2D eigenvalue weighted by Gasteiger charge is 2.17. The van der Waals surface area contributed by atoms with Crippen LogP contribution in [0.1, 0.15) is 28.8 Å². The number of nitriles is 2. The van der Waals surface area contributed by atoms with E-state index in [1.54, 1.807) is 0 Å². The third-order valence-corrected chi connectivity index (χ3v) is 2.03.